The standard InChI is InChI=1S/C7H14O4/c1-5(10-3)4-11-6(2)7(8)9/h5-6H,4H2,1-3H3,(H,8,9)/t5?,6-/m0/s1. The van der Waals surface area contributed by atoms with Crippen LogP contribution in [0.25, 0.3) is 0 Å². The van der Waals surface area contributed by atoms with Crippen molar-refractivity contribution in [1.82, 2.24) is 0 Å². The van der Waals surface area contributed by atoms with E-state index in [0.29, 0.717) is 6.61 Å². The fraction of sp³-hybridized carbons (Fsp3) is 0.857. The van der Waals surface area contributed by atoms with Crippen LogP contribution in [0.5, 0.6) is 0 Å². The lowest BCUT2D eigenvalue weighted by Gasteiger charge is -2.12. The summed E-state index contributed by atoms with van der Waals surface area (Å²) in [5.41, 5.74) is 0. The lowest BCUT2D eigenvalue weighted by Crippen LogP contribution is -2.25. The lowest BCUT2D eigenvalue weighted by atomic mass is 10.4. The SMILES string of the molecule is COC(C)CO[C@@H](C)C(=O)O. The first-order valence-corrected chi connectivity index (χ1v) is 3.45. The number of rotatable bonds is 5. The summed E-state index contributed by atoms with van der Waals surface area (Å²) in [4.78, 5) is 10.2. The van der Waals surface area contributed by atoms with Crippen LogP contribution < -0.4 is 0 Å². The number of carbonyl (C=O) groups is 1. The summed E-state index contributed by atoms with van der Waals surface area (Å²) < 4.78 is 9.79. The van der Waals surface area contributed by atoms with Crippen LogP contribution in [0.3, 0.4) is 0 Å². The predicted molar refractivity (Wildman–Crippen MR) is 39.5 cm³/mol. The van der Waals surface area contributed by atoms with Gasteiger partial charge in [-0.25, -0.2) is 4.79 Å². The minimum absolute atomic E-state index is 0.0585. The van der Waals surface area contributed by atoms with Crippen molar-refractivity contribution in [3.8, 4) is 0 Å². The summed E-state index contributed by atoms with van der Waals surface area (Å²) in [7, 11) is 1.56. The second kappa shape index (κ2) is 5.09. The first-order valence-electron chi connectivity index (χ1n) is 3.45. The van der Waals surface area contributed by atoms with Gasteiger partial charge in [0.1, 0.15) is 0 Å². The van der Waals surface area contributed by atoms with Crippen LogP contribution in [0, 0.1) is 0 Å². The molecule has 0 aliphatic heterocycles. The number of carboxylic acid groups (broad SMARTS) is 1. The molecule has 2 atom stereocenters. The van der Waals surface area contributed by atoms with E-state index < -0.39 is 12.1 Å². The molecule has 0 aromatic carbocycles. The summed E-state index contributed by atoms with van der Waals surface area (Å²) in [6.45, 7) is 3.61. The fourth-order valence-electron chi connectivity index (χ4n) is 0.419. The van der Waals surface area contributed by atoms with Crippen molar-refractivity contribution in [2.24, 2.45) is 0 Å². The van der Waals surface area contributed by atoms with Gasteiger partial charge in [0.05, 0.1) is 12.7 Å². The molecule has 0 heterocycles. The maximum Gasteiger partial charge on any atom is 0.332 e. The summed E-state index contributed by atoms with van der Waals surface area (Å²) >= 11 is 0. The molecular formula is C7H14O4. The highest BCUT2D eigenvalue weighted by molar-refractivity contribution is 5.71. The summed E-state index contributed by atoms with van der Waals surface area (Å²) in [5.74, 6) is -0.951. The average Bonchev–Trinajstić information content (AvgIpc) is 1.99. The molecule has 0 aliphatic rings. The van der Waals surface area contributed by atoms with Crippen LogP contribution in [0.1, 0.15) is 13.8 Å². The quantitative estimate of drug-likeness (QED) is 0.640. The Balaban J connectivity index is 3.45. The number of hydrogen-bond donors (Lipinski definition) is 1. The van der Waals surface area contributed by atoms with E-state index in [9.17, 15) is 4.79 Å². The molecule has 0 amide bonds. The van der Waals surface area contributed by atoms with E-state index in [1.165, 1.54) is 6.92 Å². The van der Waals surface area contributed by atoms with Crippen molar-refractivity contribution in [2.75, 3.05) is 13.7 Å². The van der Waals surface area contributed by atoms with Gasteiger partial charge in [-0.05, 0) is 13.8 Å². The van der Waals surface area contributed by atoms with Gasteiger partial charge in [-0.3, -0.25) is 0 Å². The monoisotopic (exact) mass is 162 g/mol. The van der Waals surface area contributed by atoms with Crippen LogP contribution >= 0.6 is 0 Å². The van der Waals surface area contributed by atoms with Crippen molar-refractivity contribution < 1.29 is 19.4 Å². The van der Waals surface area contributed by atoms with Crippen LogP contribution in [0.2, 0.25) is 0 Å². The second-order valence-electron chi connectivity index (χ2n) is 2.36. The molecule has 0 aromatic heterocycles. The van der Waals surface area contributed by atoms with E-state index in [-0.39, 0.29) is 6.10 Å². The molecule has 1 unspecified atom stereocenters. The second-order valence-corrected chi connectivity index (χ2v) is 2.36. The van der Waals surface area contributed by atoms with E-state index in [0.717, 1.165) is 0 Å². The van der Waals surface area contributed by atoms with Crippen molar-refractivity contribution in [3.05, 3.63) is 0 Å². The molecule has 0 saturated heterocycles. The summed E-state index contributed by atoms with van der Waals surface area (Å²) in [6.07, 6.45) is -0.815. The Morgan fingerprint density at radius 3 is 2.45 bits per heavy atom. The van der Waals surface area contributed by atoms with E-state index in [4.69, 9.17) is 14.6 Å². The third kappa shape index (κ3) is 4.75. The Bertz CT molecular complexity index is 124. The summed E-state index contributed by atoms with van der Waals surface area (Å²) in [6, 6.07) is 0. The molecule has 1 N–H and O–H groups in total. The van der Waals surface area contributed by atoms with Gasteiger partial charge < -0.3 is 14.6 Å². The maximum atomic E-state index is 10.2. The zero-order valence-electron chi connectivity index (χ0n) is 7.03. The highest BCUT2D eigenvalue weighted by Crippen LogP contribution is 1.94. The molecular weight excluding hydrogens is 148 g/mol. The van der Waals surface area contributed by atoms with Gasteiger partial charge in [-0.1, -0.05) is 0 Å². The van der Waals surface area contributed by atoms with Gasteiger partial charge in [0, 0.05) is 7.11 Å². The average molecular weight is 162 g/mol. The highest BCUT2D eigenvalue weighted by atomic mass is 16.5. The Labute approximate surface area is 66.1 Å². The Hall–Kier alpha value is -0.610. The van der Waals surface area contributed by atoms with E-state index in [2.05, 4.69) is 0 Å². The number of ether oxygens (including phenoxy) is 2. The largest absolute Gasteiger partial charge is 0.479 e. The normalized spacial score (nSPS) is 15.9. The first kappa shape index (κ1) is 10.4. The van der Waals surface area contributed by atoms with Gasteiger partial charge in [0.2, 0.25) is 0 Å². The van der Waals surface area contributed by atoms with E-state index in [1.807, 2.05) is 6.92 Å². The topological polar surface area (TPSA) is 55.8 Å². The number of carboxylic acids is 1. The van der Waals surface area contributed by atoms with Gasteiger partial charge >= 0.3 is 5.97 Å². The maximum absolute atomic E-state index is 10.2. The first-order chi connectivity index (χ1) is 5.07. The van der Waals surface area contributed by atoms with Crippen LogP contribution in [-0.2, 0) is 14.3 Å². The molecule has 0 aliphatic carbocycles. The molecule has 0 aromatic rings. The van der Waals surface area contributed by atoms with Gasteiger partial charge in [0.15, 0.2) is 6.10 Å². The Kier molecular flexibility index (Phi) is 4.81. The third-order valence-corrected chi connectivity index (χ3v) is 1.33. The van der Waals surface area contributed by atoms with Crippen LogP contribution in [0.15, 0.2) is 0 Å². The van der Waals surface area contributed by atoms with Crippen molar-refractivity contribution in [1.29, 1.82) is 0 Å². The molecule has 4 nitrogen and oxygen atoms in total. The lowest BCUT2D eigenvalue weighted by molar-refractivity contribution is -0.150. The van der Waals surface area contributed by atoms with Gasteiger partial charge in [-0.2, -0.15) is 0 Å². The van der Waals surface area contributed by atoms with Crippen molar-refractivity contribution in [2.45, 2.75) is 26.1 Å². The number of aliphatic carboxylic acids is 1. The molecule has 4 heteroatoms. The summed E-state index contributed by atoms with van der Waals surface area (Å²) in [5, 5.41) is 8.40. The van der Waals surface area contributed by atoms with Crippen molar-refractivity contribution >= 4 is 5.97 Å². The Morgan fingerprint density at radius 1 is 1.55 bits per heavy atom. The van der Waals surface area contributed by atoms with E-state index in [1.54, 1.807) is 7.11 Å². The molecule has 0 rings (SSSR count). The van der Waals surface area contributed by atoms with Gasteiger partial charge in [0.25, 0.3) is 0 Å². The fourth-order valence-corrected chi connectivity index (χ4v) is 0.419. The predicted octanol–water partition coefficient (Wildman–Crippen LogP) is 0.511. The highest BCUT2D eigenvalue weighted by Gasteiger charge is 2.11. The minimum Gasteiger partial charge on any atom is -0.479 e. The molecule has 0 radical (unpaired) electrons. The van der Waals surface area contributed by atoms with Crippen LogP contribution in [0.4, 0.5) is 0 Å². The zero-order chi connectivity index (χ0) is 8.85. The number of methoxy groups -OCH3 is 1. The van der Waals surface area contributed by atoms with E-state index >= 15 is 0 Å². The molecule has 0 bridgehead atoms. The van der Waals surface area contributed by atoms with Crippen LogP contribution in [-0.4, -0.2) is 37.0 Å². The molecule has 0 saturated carbocycles. The molecule has 11 heavy (non-hydrogen) atoms. The smallest absolute Gasteiger partial charge is 0.332 e. The minimum atomic E-state index is -0.951. The molecule has 0 spiro atoms. The molecule has 0 fully saturated rings. The van der Waals surface area contributed by atoms with Gasteiger partial charge in [-0.15, -0.1) is 0 Å². The molecule has 66 valence electrons. The Morgan fingerprint density at radius 2 is 2.09 bits per heavy atom. The number of hydrogen-bond acceptors (Lipinski definition) is 3. The zero-order valence-corrected chi connectivity index (χ0v) is 7.03. The third-order valence-electron chi connectivity index (χ3n) is 1.33. The van der Waals surface area contributed by atoms with Crippen molar-refractivity contribution in [3.63, 3.8) is 0 Å².